The number of ether oxygens (including phenoxy) is 1. The Morgan fingerprint density at radius 3 is 2.56 bits per heavy atom. The Bertz CT molecular complexity index is 1240. The zero-order valence-electron chi connectivity index (χ0n) is 18.2. The topological polar surface area (TPSA) is 75.7 Å². The maximum absolute atomic E-state index is 13.1. The fourth-order valence-electron chi connectivity index (χ4n) is 3.91. The van der Waals surface area contributed by atoms with E-state index in [9.17, 15) is 13.2 Å². The van der Waals surface area contributed by atoms with Crippen LogP contribution in [0.2, 0.25) is 0 Å². The third-order valence-corrected chi connectivity index (χ3v) is 6.86. The number of carbonyl (C=O) groups excluding carboxylic acids is 1. The van der Waals surface area contributed by atoms with Crippen molar-refractivity contribution in [2.24, 2.45) is 0 Å². The first-order valence-corrected chi connectivity index (χ1v) is 12.1. The normalized spacial score (nSPS) is 13.4. The molecule has 0 bridgehead atoms. The van der Waals surface area contributed by atoms with E-state index in [0.29, 0.717) is 30.2 Å². The second-order valence-electron chi connectivity index (χ2n) is 7.74. The van der Waals surface area contributed by atoms with Gasteiger partial charge in [-0.15, -0.1) is 0 Å². The van der Waals surface area contributed by atoms with E-state index < -0.39 is 10.0 Å². The summed E-state index contributed by atoms with van der Waals surface area (Å²) in [6.07, 6.45) is 1.71. The number of carbonyl (C=O) groups is 1. The van der Waals surface area contributed by atoms with Crippen LogP contribution in [0.25, 0.3) is 0 Å². The Hall–Kier alpha value is -3.32. The van der Waals surface area contributed by atoms with E-state index in [0.717, 1.165) is 29.7 Å². The minimum Gasteiger partial charge on any atom is -0.494 e. The van der Waals surface area contributed by atoms with Gasteiger partial charge in [0.1, 0.15) is 5.75 Å². The molecule has 0 saturated heterocycles. The van der Waals surface area contributed by atoms with Crippen LogP contribution in [0.5, 0.6) is 5.75 Å². The number of aryl methyl sites for hydroxylation is 2. The van der Waals surface area contributed by atoms with Gasteiger partial charge in [-0.05, 0) is 80.3 Å². The Morgan fingerprint density at radius 2 is 1.84 bits per heavy atom. The molecule has 32 heavy (non-hydrogen) atoms. The smallest absolute Gasteiger partial charge is 0.261 e. The number of fused-ring (bicyclic) bond motifs is 1. The summed E-state index contributed by atoms with van der Waals surface area (Å²) in [6, 6.07) is 19.3. The summed E-state index contributed by atoms with van der Waals surface area (Å²) < 4.78 is 34.1. The molecular formula is C25H26N2O4S. The average molecular weight is 451 g/mol. The van der Waals surface area contributed by atoms with Crippen LogP contribution >= 0.6 is 0 Å². The van der Waals surface area contributed by atoms with Gasteiger partial charge in [0.15, 0.2) is 0 Å². The first-order chi connectivity index (χ1) is 15.4. The molecule has 0 spiro atoms. The van der Waals surface area contributed by atoms with Gasteiger partial charge < -0.3 is 9.64 Å². The van der Waals surface area contributed by atoms with Gasteiger partial charge in [-0.25, -0.2) is 8.42 Å². The van der Waals surface area contributed by atoms with Crippen LogP contribution in [0.15, 0.2) is 71.6 Å². The van der Waals surface area contributed by atoms with Crippen molar-refractivity contribution in [1.29, 1.82) is 0 Å². The lowest BCUT2D eigenvalue weighted by Crippen LogP contribution is -2.35. The standard InChI is InChI=1S/C25H26N2O4S/c1-3-31-24-14-13-22(16-18(24)2)32(29,30)26-21-12-11-19-10-7-15-27(23(19)17-21)25(28)20-8-5-4-6-9-20/h4-6,8-9,11-14,16-17,26H,3,7,10,15H2,1-2H3. The summed E-state index contributed by atoms with van der Waals surface area (Å²) in [4.78, 5) is 15.0. The molecule has 0 atom stereocenters. The van der Waals surface area contributed by atoms with Crippen molar-refractivity contribution < 1.29 is 17.9 Å². The molecule has 3 aromatic carbocycles. The Morgan fingerprint density at radius 1 is 1.06 bits per heavy atom. The van der Waals surface area contributed by atoms with E-state index in [4.69, 9.17) is 4.74 Å². The molecule has 0 aromatic heterocycles. The summed E-state index contributed by atoms with van der Waals surface area (Å²) in [6.45, 7) is 4.80. The largest absolute Gasteiger partial charge is 0.494 e. The van der Waals surface area contributed by atoms with E-state index in [1.165, 1.54) is 6.07 Å². The van der Waals surface area contributed by atoms with Crippen molar-refractivity contribution >= 4 is 27.3 Å². The number of nitrogens with one attached hydrogen (secondary N) is 1. The van der Waals surface area contributed by atoms with Crippen LogP contribution < -0.4 is 14.4 Å². The highest BCUT2D eigenvalue weighted by Crippen LogP contribution is 2.32. The number of hydrogen-bond acceptors (Lipinski definition) is 4. The molecule has 4 rings (SSSR count). The van der Waals surface area contributed by atoms with Crippen molar-refractivity contribution in [2.45, 2.75) is 31.6 Å². The van der Waals surface area contributed by atoms with Gasteiger partial charge in [-0.3, -0.25) is 9.52 Å². The summed E-state index contributed by atoms with van der Waals surface area (Å²) in [5.41, 5.74) is 3.55. The predicted molar refractivity (Wildman–Crippen MR) is 126 cm³/mol. The van der Waals surface area contributed by atoms with Gasteiger partial charge >= 0.3 is 0 Å². The molecule has 1 heterocycles. The SMILES string of the molecule is CCOc1ccc(S(=O)(=O)Nc2ccc3c(c2)N(C(=O)c2ccccc2)CCC3)cc1C. The summed E-state index contributed by atoms with van der Waals surface area (Å²) in [7, 11) is -3.79. The second kappa shape index (κ2) is 9.04. The molecule has 6 nitrogen and oxygen atoms in total. The average Bonchev–Trinajstić information content (AvgIpc) is 2.80. The van der Waals surface area contributed by atoms with Crippen molar-refractivity contribution in [3.05, 3.63) is 83.4 Å². The van der Waals surface area contributed by atoms with Gasteiger partial charge in [0.05, 0.1) is 17.2 Å². The number of rotatable bonds is 6. The maximum Gasteiger partial charge on any atom is 0.261 e. The van der Waals surface area contributed by atoms with Crippen LogP contribution in [0, 0.1) is 6.92 Å². The molecule has 1 N–H and O–H groups in total. The number of benzene rings is 3. The number of anilines is 2. The second-order valence-corrected chi connectivity index (χ2v) is 9.42. The van der Waals surface area contributed by atoms with Gasteiger partial charge in [0, 0.05) is 17.8 Å². The molecule has 0 radical (unpaired) electrons. The first kappa shape index (κ1) is 21.9. The van der Waals surface area contributed by atoms with Crippen molar-refractivity contribution in [3.8, 4) is 5.75 Å². The quantitative estimate of drug-likeness (QED) is 0.586. The highest BCUT2D eigenvalue weighted by atomic mass is 32.2. The zero-order chi connectivity index (χ0) is 22.7. The van der Waals surface area contributed by atoms with Crippen LogP contribution in [0.1, 0.15) is 34.8 Å². The molecule has 1 aliphatic rings. The zero-order valence-corrected chi connectivity index (χ0v) is 19.0. The monoisotopic (exact) mass is 450 g/mol. The Balaban J connectivity index is 1.62. The highest BCUT2D eigenvalue weighted by Gasteiger charge is 2.25. The number of amides is 1. The lowest BCUT2D eigenvalue weighted by Gasteiger charge is -2.30. The third kappa shape index (κ3) is 4.48. The molecule has 0 saturated carbocycles. The van der Waals surface area contributed by atoms with E-state index in [1.807, 2.05) is 38.1 Å². The fraction of sp³-hybridized carbons (Fsp3) is 0.240. The van der Waals surface area contributed by atoms with Gasteiger partial charge in [0.2, 0.25) is 0 Å². The van der Waals surface area contributed by atoms with Crippen molar-refractivity contribution in [3.63, 3.8) is 0 Å². The lowest BCUT2D eigenvalue weighted by atomic mass is 10.00. The van der Waals surface area contributed by atoms with E-state index in [-0.39, 0.29) is 10.8 Å². The molecular weight excluding hydrogens is 424 g/mol. The fourth-order valence-corrected chi connectivity index (χ4v) is 5.04. The molecule has 0 aliphatic carbocycles. The molecule has 0 unspecified atom stereocenters. The Kier molecular flexibility index (Phi) is 6.19. The molecule has 166 valence electrons. The van der Waals surface area contributed by atoms with Gasteiger partial charge in [0.25, 0.3) is 15.9 Å². The van der Waals surface area contributed by atoms with Gasteiger partial charge in [-0.1, -0.05) is 24.3 Å². The number of sulfonamides is 1. The predicted octanol–water partition coefficient (Wildman–Crippen LogP) is 4.79. The van der Waals surface area contributed by atoms with Crippen LogP contribution in [0.4, 0.5) is 11.4 Å². The minimum atomic E-state index is -3.79. The van der Waals surface area contributed by atoms with E-state index in [1.54, 1.807) is 41.3 Å². The molecule has 1 amide bonds. The van der Waals surface area contributed by atoms with Crippen LogP contribution in [0.3, 0.4) is 0 Å². The molecule has 3 aromatic rings. The Labute approximate surface area is 188 Å². The molecule has 1 aliphatic heterocycles. The first-order valence-electron chi connectivity index (χ1n) is 10.6. The summed E-state index contributed by atoms with van der Waals surface area (Å²) in [5, 5.41) is 0. The number of nitrogens with zero attached hydrogens (tertiary/aromatic N) is 1. The number of hydrogen-bond donors (Lipinski definition) is 1. The van der Waals surface area contributed by atoms with Crippen LogP contribution in [-0.2, 0) is 16.4 Å². The lowest BCUT2D eigenvalue weighted by molar-refractivity contribution is 0.0985. The molecule has 7 heteroatoms. The third-order valence-electron chi connectivity index (χ3n) is 5.48. The van der Waals surface area contributed by atoms with E-state index in [2.05, 4.69) is 4.72 Å². The minimum absolute atomic E-state index is 0.0892. The van der Waals surface area contributed by atoms with Crippen molar-refractivity contribution in [1.82, 2.24) is 0 Å². The van der Waals surface area contributed by atoms with Crippen molar-refractivity contribution in [2.75, 3.05) is 22.8 Å². The highest BCUT2D eigenvalue weighted by molar-refractivity contribution is 7.92. The summed E-state index contributed by atoms with van der Waals surface area (Å²) >= 11 is 0. The molecule has 0 fully saturated rings. The van der Waals surface area contributed by atoms with Gasteiger partial charge in [-0.2, -0.15) is 0 Å². The van der Waals surface area contributed by atoms with E-state index >= 15 is 0 Å². The van der Waals surface area contributed by atoms with Crippen LogP contribution in [-0.4, -0.2) is 27.5 Å². The maximum atomic E-state index is 13.1. The summed E-state index contributed by atoms with van der Waals surface area (Å²) in [5.74, 6) is 0.573.